The standard InChI is InChI=1S/C19H18ClNO2/c1-12-7-16-15(9-19(22)23-18(16)8-13(12)2)11-21-10-14-5-3-4-6-17(14)20/h3-9,21H,10-11H2,1-2H3/p+1. The second kappa shape index (κ2) is 6.57. The number of rotatable bonds is 4. The van der Waals surface area contributed by atoms with E-state index in [1.807, 2.05) is 37.3 Å². The fraction of sp³-hybridized carbons (Fsp3) is 0.211. The molecule has 0 unspecified atom stereocenters. The van der Waals surface area contributed by atoms with Crippen molar-refractivity contribution in [1.29, 1.82) is 0 Å². The van der Waals surface area contributed by atoms with E-state index in [0.717, 1.165) is 33.6 Å². The maximum Gasteiger partial charge on any atom is 0.336 e. The molecule has 0 aliphatic carbocycles. The number of quaternary nitrogens is 1. The highest BCUT2D eigenvalue weighted by Crippen LogP contribution is 2.21. The molecule has 0 saturated heterocycles. The molecule has 2 N–H and O–H groups in total. The molecule has 0 aliphatic rings. The monoisotopic (exact) mass is 328 g/mol. The largest absolute Gasteiger partial charge is 0.423 e. The first-order valence-corrected chi connectivity index (χ1v) is 8.01. The van der Waals surface area contributed by atoms with Gasteiger partial charge in [-0.25, -0.2) is 4.79 Å². The minimum absolute atomic E-state index is 0.304. The third kappa shape index (κ3) is 3.46. The van der Waals surface area contributed by atoms with Crippen LogP contribution in [-0.4, -0.2) is 0 Å². The van der Waals surface area contributed by atoms with Crippen molar-refractivity contribution < 1.29 is 9.73 Å². The van der Waals surface area contributed by atoms with Gasteiger partial charge in [0.15, 0.2) is 0 Å². The summed E-state index contributed by atoms with van der Waals surface area (Å²) in [6, 6.07) is 13.4. The first kappa shape index (κ1) is 15.8. The first-order valence-electron chi connectivity index (χ1n) is 7.63. The van der Waals surface area contributed by atoms with Crippen molar-refractivity contribution in [2.24, 2.45) is 0 Å². The molecule has 0 amide bonds. The van der Waals surface area contributed by atoms with Crippen molar-refractivity contribution in [1.82, 2.24) is 0 Å². The Labute approximate surface area is 139 Å². The summed E-state index contributed by atoms with van der Waals surface area (Å²) in [7, 11) is 0. The third-order valence-corrected chi connectivity index (χ3v) is 4.50. The highest BCUT2D eigenvalue weighted by Gasteiger charge is 2.09. The third-order valence-electron chi connectivity index (χ3n) is 4.13. The Kier molecular flexibility index (Phi) is 4.51. The first-order chi connectivity index (χ1) is 11.0. The van der Waals surface area contributed by atoms with Crippen LogP contribution in [0.1, 0.15) is 22.3 Å². The molecular formula is C19H19ClNO2+. The van der Waals surface area contributed by atoms with Crippen LogP contribution in [0.2, 0.25) is 5.02 Å². The summed E-state index contributed by atoms with van der Waals surface area (Å²) < 4.78 is 5.33. The zero-order valence-corrected chi connectivity index (χ0v) is 14.0. The molecule has 4 heteroatoms. The van der Waals surface area contributed by atoms with Gasteiger partial charge in [0.2, 0.25) is 0 Å². The molecule has 0 bridgehead atoms. The van der Waals surface area contributed by atoms with Crippen LogP contribution < -0.4 is 10.9 Å². The number of fused-ring (bicyclic) bond motifs is 1. The molecule has 118 valence electrons. The van der Waals surface area contributed by atoms with Gasteiger partial charge in [0.1, 0.15) is 18.7 Å². The van der Waals surface area contributed by atoms with Gasteiger partial charge >= 0.3 is 5.63 Å². The Morgan fingerprint density at radius 2 is 1.70 bits per heavy atom. The van der Waals surface area contributed by atoms with E-state index in [1.54, 1.807) is 6.07 Å². The van der Waals surface area contributed by atoms with Crippen LogP contribution in [0.5, 0.6) is 0 Å². The minimum Gasteiger partial charge on any atom is -0.423 e. The van der Waals surface area contributed by atoms with E-state index >= 15 is 0 Å². The second-order valence-electron chi connectivity index (χ2n) is 5.81. The quantitative estimate of drug-likeness (QED) is 0.747. The van der Waals surface area contributed by atoms with Crippen LogP contribution in [0, 0.1) is 13.8 Å². The van der Waals surface area contributed by atoms with Crippen LogP contribution >= 0.6 is 11.6 Å². The lowest BCUT2D eigenvalue weighted by Gasteiger charge is -2.08. The van der Waals surface area contributed by atoms with E-state index in [9.17, 15) is 4.79 Å². The van der Waals surface area contributed by atoms with E-state index in [1.165, 1.54) is 5.56 Å². The van der Waals surface area contributed by atoms with Gasteiger partial charge in [0.05, 0.1) is 0 Å². The molecule has 3 rings (SSSR count). The molecule has 0 saturated carbocycles. The summed E-state index contributed by atoms with van der Waals surface area (Å²) in [6.45, 7) is 5.56. The predicted octanol–water partition coefficient (Wildman–Crippen LogP) is 3.33. The predicted molar refractivity (Wildman–Crippen MR) is 92.7 cm³/mol. The lowest BCUT2D eigenvalue weighted by Crippen LogP contribution is -2.80. The maximum absolute atomic E-state index is 11.8. The summed E-state index contributed by atoms with van der Waals surface area (Å²) in [5, 5.41) is 3.92. The van der Waals surface area contributed by atoms with Crippen LogP contribution in [0.25, 0.3) is 11.0 Å². The molecule has 0 aliphatic heterocycles. The second-order valence-corrected chi connectivity index (χ2v) is 6.22. The van der Waals surface area contributed by atoms with Crippen molar-refractivity contribution in [3.63, 3.8) is 0 Å². The van der Waals surface area contributed by atoms with Crippen molar-refractivity contribution in [3.05, 3.63) is 80.2 Å². The van der Waals surface area contributed by atoms with E-state index in [2.05, 4.69) is 18.3 Å². The number of benzene rings is 2. The van der Waals surface area contributed by atoms with Crippen LogP contribution in [0.3, 0.4) is 0 Å². The van der Waals surface area contributed by atoms with Gasteiger partial charge in [-0.1, -0.05) is 29.8 Å². The molecule has 0 radical (unpaired) electrons. The van der Waals surface area contributed by atoms with Gasteiger partial charge in [-0.05, 0) is 43.2 Å². The molecule has 23 heavy (non-hydrogen) atoms. The highest BCUT2D eigenvalue weighted by molar-refractivity contribution is 6.31. The molecule has 0 fully saturated rings. The van der Waals surface area contributed by atoms with Crippen LogP contribution in [0.4, 0.5) is 0 Å². The van der Waals surface area contributed by atoms with Gasteiger partial charge in [0, 0.05) is 27.6 Å². The van der Waals surface area contributed by atoms with E-state index in [4.69, 9.17) is 16.0 Å². The van der Waals surface area contributed by atoms with Crippen molar-refractivity contribution in [2.75, 3.05) is 0 Å². The van der Waals surface area contributed by atoms with Gasteiger partial charge in [0.25, 0.3) is 0 Å². The molecule has 0 spiro atoms. The molecule has 2 aromatic carbocycles. The van der Waals surface area contributed by atoms with Gasteiger partial charge in [-0.3, -0.25) is 0 Å². The molecule has 3 nitrogen and oxygen atoms in total. The Balaban J connectivity index is 1.86. The van der Waals surface area contributed by atoms with Crippen LogP contribution in [0.15, 0.2) is 51.7 Å². The van der Waals surface area contributed by atoms with Crippen LogP contribution in [-0.2, 0) is 13.1 Å². The molecule has 3 aromatic rings. The molecular weight excluding hydrogens is 310 g/mol. The summed E-state index contributed by atoms with van der Waals surface area (Å²) in [6.07, 6.45) is 0. The number of nitrogens with two attached hydrogens (primary N) is 1. The smallest absolute Gasteiger partial charge is 0.336 e. The summed E-state index contributed by atoms with van der Waals surface area (Å²) in [4.78, 5) is 11.8. The average Bonchev–Trinajstić information content (AvgIpc) is 2.51. The molecule has 1 aromatic heterocycles. The number of hydrogen-bond donors (Lipinski definition) is 1. The normalized spacial score (nSPS) is 11.1. The molecule has 1 heterocycles. The summed E-state index contributed by atoms with van der Waals surface area (Å²) in [5.41, 5.74) is 4.75. The molecule has 0 atom stereocenters. The van der Waals surface area contributed by atoms with Gasteiger partial charge in [-0.15, -0.1) is 0 Å². The average molecular weight is 329 g/mol. The number of aryl methyl sites for hydroxylation is 2. The fourth-order valence-electron chi connectivity index (χ4n) is 2.70. The van der Waals surface area contributed by atoms with Crippen molar-refractivity contribution in [2.45, 2.75) is 26.9 Å². The zero-order valence-electron chi connectivity index (χ0n) is 13.2. The van der Waals surface area contributed by atoms with E-state index < -0.39 is 0 Å². The SMILES string of the molecule is Cc1cc2oc(=O)cc(C[NH2+]Cc3ccccc3Cl)c2cc1C. The Bertz CT molecular complexity index is 915. The Morgan fingerprint density at radius 3 is 2.48 bits per heavy atom. The fourth-order valence-corrected chi connectivity index (χ4v) is 2.91. The summed E-state index contributed by atoms with van der Waals surface area (Å²) >= 11 is 6.18. The topological polar surface area (TPSA) is 46.8 Å². The van der Waals surface area contributed by atoms with Crippen molar-refractivity contribution >= 4 is 22.6 Å². The lowest BCUT2D eigenvalue weighted by molar-refractivity contribution is -0.686. The summed E-state index contributed by atoms with van der Waals surface area (Å²) in [5.74, 6) is 0. The maximum atomic E-state index is 11.8. The minimum atomic E-state index is -0.304. The number of halogens is 1. The zero-order chi connectivity index (χ0) is 16.4. The van der Waals surface area contributed by atoms with Gasteiger partial charge < -0.3 is 9.73 Å². The van der Waals surface area contributed by atoms with E-state index in [0.29, 0.717) is 12.1 Å². The highest BCUT2D eigenvalue weighted by atomic mass is 35.5. The Morgan fingerprint density at radius 1 is 1.00 bits per heavy atom. The number of hydrogen-bond acceptors (Lipinski definition) is 2. The van der Waals surface area contributed by atoms with E-state index in [-0.39, 0.29) is 5.63 Å². The Hall–Kier alpha value is -2.10. The lowest BCUT2D eigenvalue weighted by atomic mass is 10.0. The van der Waals surface area contributed by atoms with Gasteiger partial charge in [-0.2, -0.15) is 0 Å². The van der Waals surface area contributed by atoms with Crippen molar-refractivity contribution in [3.8, 4) is 0 Å².